The molecule has 2 aromatic rings. The Hall–Kier alpha value is -1.64. The monoisotopic (exact) mass is 281 g/mol. The Kier molecular flexibility index (Phi) is 3.60. The topological polar surface area (TPSA) is 46.2 Å². The van der Waals surface area contributed by atoms with Crippen molar-refractivity contribution < 1.29 is 5.11 Å². The van der Waals surface area contributed by atoms with Crippen LogP contribution in [0.3, 0.4) is 0 Å². The highest BCUT2D eigenvalue weighted by Crippen LogP contribution is 2.47. The molecule has 0 aromatic heterocycles. The van der Waals surface area contributed by atoms with E-state index in [9.17, 15) is 5.11 Å². The van der Waals surface area contributed by atoms with E-state index >= 15 is 0 Å². The van der Waals surface area contributed by atoms with Crippen LogP contribution in [0.2, 0.25) is 0 Å². The first-order chi connectivity index (χ1) is 10.1. The summed E-state index contributed by atoms with van der Waals surface area (Å²) in [5.41, 5.74) is 8.61. The number of fused-ring (bicyclic) bond motifs is 1. The smallest absolute Gasteiger partial charge is 0.0939 e. The van der Waals surface area contributed by atoms with Gasteiger partial charge in [-0.1, -0.05) is 54.6 Å². The standard InChI is InChI=1S/C19H23NO/c1-18(21,17-9-3-2-4-10-17)19(14-20)12-11-15-7-5-6-8-16(15)13-19/h2-10,21H,11-14,20H2,1H3. The molecule has 1 aliphatic carbocycles. The van der Waals surface area contributed by atoms with E-state index in [1.54, 1.807) is 0 Å². The lowest BCUT2D eigenvalue weighted by Crippen LogP contribution is -2.51. The molecule has 2 aromatic carbocycles. The fourth-order valence-corrected chi connectivity index (χ4v) is 3.66. The highest BCUT2D eigenvalue weighted by Gasteiger charge is 2.48. The maximum absolute atomic E-state index is 11.3. The van der Waals surface area contributed by atoms with Crippen LogP contribution in [0.1, 0.15) is 30.0 Å². The molecule has 0 saturated carbocycles. The molecule has 1 aliphatic rings. The lowest BCUT2D eigenvalue weighted by Gasteiger charge is -2.48. The van der Waals surface area contributed by atoms with Gasteiger partial charge in [0, 0.05) is 12.0 Å². The van der Waals surface area contributed by atoms with Crippen LogP contribution < -0.4 is 5.73 Å². The molecule has 2 atom stereocenters. The normalized spacial score (nSPS) is 24.1. The summed E-state index contributed by atoms with van der Waals surface area (Å²) >= 11 is 0. The zero-order chi connectivity index (χ0) is 14.9. The van der Waals surface area contributed by atoms with Gasteiger partial charge in [-0.25, -0.2) is 0 Å². The highest BCUT2D eigenvalue weighted by atomic mass is 16.3. The minimum Gasteiger partial charge on any atom is -0.385 e. The van der Waals surface area contributed by atoms with Crippen LogP contribution in [-0.2, 0) is 18.4 Å². The Morgan fingerprint density at radius 1 is 1.05 bits per heavy atom. The SMILES string of the molecule is CC(O)(c1ccccc1)C1(CN)CCc2ccccc2C1. The molecule has 0 heterocycles. The summed E-state index contributed by atoms with van der Waals surface area (Å²) in [5.74, 6) is 0. The number of aliphatic hydroxyl groups is 1. The van der Waals surface area contributed by atoms with E-state index in [0.717, 1.165) is 24.8 Å². The molecule has 2 unspecified atom stereocenters. The zero-order valence-electron chi connectivity index (χ0n) is 12.5. The van der Waals surface area contributed by atoms with Gasteiger partial charge in [-0.05, 0) is 42.9 Å². The van der Waals surface area contributed by atoms with Crippen LogP contribution in [0.25, 0.3) is 0 Å². The summed E-state index contributed by atoms with van der Waals surface area (Å²) < 4.78 is 0. The summed E-state index contributed by atoms with van der Waals surface area (Å²) in [6.07, 6.45) is 2.74. The van der Waals surface area contributed by atoms with E-state index in [0.29, 0.717) is 6.54 Å². The molecule has 0 fully saturated rings. The zero-order valence-corrected chi connectivity index (χ0v) is 12.5. The van der Waals surface area contributed by atoms with Crippen molar-refractivity contribution in [2.45, 2.75) is 31.8 Å². The van der Waals surface area contributed by atoms with Crippen LogP contribution in [0.15, 0.2) is 54.6 Å². The first-order valence-corrected chi connectivity index (χ1v) is 7.64. The van der Waals surface area contributed by atoms with Gasteiger partial charge in [0.25, 0.3) is 0 Å². The summed E-state index contributed by atoms with van der Waals surface area (Å²) in [4.78, 5) is 0. The van der Waals surface area contributed by atoms with Crippen molar-refractivity contribution in [2.75, 3.05) is 6.54 Å². The lowest BCUT2D eigenvalue weighted by molar-refractivity contribution is -0.0804. The summed E-state index contributed by atoms with van der Waals surface area (Å²) in [5, 5.41) is 11.3. The molecule has 2 heteroatoms. The molecule has 0 saturated heterocycles. The van der Waals surface area contributed by atoms with Crippen molar-refractivity contribution in [3.05, 3.63) is 71.3 Å². The minimum absolute atomic E-state index is 0.303. The Morgan fingerprint density at radius 2 is 1.67 bits per heavy atom. The second-order valence-corrected chi connectivity index (χ2v) is 6.37. The Morgan fingerprint density at radius 3 is 2.33 bits per heavy atom. The van der Waals surface area contributed by atoms with Crippen molar-refractivity contribution in [3.8, 4) is 0 Å². The summed E-state index contributed by atoms with van der Waals surface area (Å²) in [6, 6.07) is 18.4. The third-order valence-electron chi connectivity index (χ3n) is 5.28. The minimum atomic E-state index is -0.920. The van der Waals surface area contributed by atoms with Crippen LogP contribution in [0.4, 0.5) is 0 Å². The van der Waals surface area contributed by atoms with Crippen molar-refractivity contribution >= 4 is 0 Å². The van der Waals surface area contributed by atoms with E-state index in [1.807, 2.05) is 37.3 Å². The number of aryl methyl sites for hydroxylation is 1. The lowest BCUT2D eigenvalue weighted by atomic mass is 9.60. The molecule has 0 aliphatic heterocycles. The van der Waals surface area contributed by atoms with Gasteiger partial charge in [0.05, 0.1) is 5.60 Å². The molecular weight excluding hydrogens is 258 g/mol. The van der Waals surface area contributed by atoms with Gasteiger partial charge in [-0.15, -0.1) is 0 Å². The van der Waals surface area contributed by atoms with Gasteiger partial charge in [0.1, 0.15) is 0 Å². The fourth-order valence-electron chi connectivity index (χ4n) is 3.66. The van der Waals surface area contributed by atoms with Gasteiger partial charge in [-0.3, -0.25) is 0 Å². The van der Waals surface area contributed by atoms with Gasteiger partial charge in [0.2, 0.25) is 0 Å². The largest absolute Gasteiger partial charge is 0.385 e. The van der Waals surface area contributed by atoms with Crippen molar-refractivity contribution in [3.63, 3.8) is 0 Å². The van der Waals surface area contributed by atoms with Crippen molar-refractivity contribution in [1.82, 2.24) is 0 Å². The molecule has 3 N–H and O–H groups in total. The molecule has 0 bridgehead atoms. The number of benzene rings is 2. The van der Waals surface area contributed by atoms with Gasteiger partial charge >= 0.3 is 0 Å². The quantitative estimate of drug-likeness (QED) is 0.908. The average molecular weight is 281 g/mol. The van der Waals surface area contributed by atoms with E-state index in [4.69, 9.17) is 5.73 Å². The Bertz CT molecular complexity index is 620. The first-order valence-electron chi connectivity index (χ1n) is 7.64. The molecular formula is C19H23NO. The summed E-state index contributed by atoms with van der Waals surface area (Å²) in [7, 11) is 0. The maximum atomic E-state index is 11.3. The number of nitrogens with two attached hydrogens (primary N) is 1. The Labute approximate surface area is 126 Å². The van der Waals surface area contributed by atoms with Crippen molar-refractivity contribution in [1.29, 1.82) is 0 Å². The van der Waals surface area contributed by atoms with Crippen LogP contribution in [0.5, 0.6) is 0 Å². The molecule has 21 heavy (non-hydrogen) atoms. The average Bonchev–Trinajstić information content (AvgIpc) is 2.55. The number of hydrogen-bond acceptors (Lipinski definition) is 2. The summed E-state index contributed by atoms with van der Waals surface area (Å²) in [6.45, 7) is 2.41. The van der Waals surface area contributed by atoms with Crippen LogP contribution in [-0.4, -0.2) is 11.7 Å². The second kappa shape index (κ2) is 5.28. The molecule has 0 spiro atoms. The number of rotatable bonds is 3. The first kappa shape index (κ1) is 14.3. The van der Waals surface area contributed by atoms with E-state index in [-0.39, 0.29) is 5.41 Å². The van der Waals surface area contributed by atoms with Gasteiger partial charge in [0.15, 0.2) is 0 Å². The number of hydrogen-bond donors (Lipinski definition) is 2. The van der Waals surface area contributed by atoms with Crippen LogP contribution >= 0.6 is 0 Å². The predicted molar refractivity (Wildman–Crippen MR) is 86.0 cm³/mol. The van der Waals surface area contributed by atoms with E-state index < -0.39 is 5.60 Å². The highest BCUT2D eigenvalue weighted by molar-refractivity contribution is 5.34. The molecule has 0 amide bonds. The van der Waals surface area contributed by atoms with Gasteiger partial charge < -0.3 is 10.8 Å². The third kappa shape index (κ3) is 2.29. The molecule has 0 radical (unpaired) electrons. The molecule has 2 nitrogen and oxygen atoms in total. The van der Waals surface area contributed by atoms with E-state index in [2.05, 4.69) is 24.3 Å². The van der Waals surface area contributed by atoms with Crippen LogP contribution in [0, 0.1) is 5.41 Å². The second-order valence-electron chi connectivity index (χ2n) is 6.37. The van der Waals surface area contributed by atoms with Crippen molar-refractivity contribution in [2.24, 2.45) is 11.1 Å². The molecule has 3 rings (SSSR count). The molecule has 110 valence electrons. The maximum Gasteiger partial charge on any atom is 0.0939 e. The predicted octanol–water partition coefficient (Wildman–Crippen LogP) is 3.03. The fraction of sp³-hybridized carbons (Fsp3) is 0.368. The van der Waals surface area contributed by atoms with E-state index in [1.165, 1.54) is 11.1 Å². The Balaban J connectivity index is 2.02. The third-order valence-corrected chi connectivity index (χ3v) is 5.28. The van der Waals surface area contributed by atoms with Gasteiger partial charge in [-0.2, -0.15) is 0 Å².